The molecule has 0 bridgehead atoms. The minimum Gasteiger partial charge on any atom is -0.507 e. The maximum absolute atomic E-state index is 17.0. The van der Waals surface area contributed by atoms with Crippen molar-refractivity contribution in [3.05, 3.63) is 81.5 Å². The Morgan fingerprint density at radius 1 is 1.16 bits per heavy atom. The average molecular weight is 635 g/mol. The Morgan fingerprint density at radius 3 is 2.56 bits per heavy atom. The third kappa shape index (κ3) is 4.46. The van der Waals surface area contributed by atoms with Gasteiger partial charge in [-0.25, -0.2) is 13.6 Å². The fourth-order valence-corrected chi connectivity index (χ4v) is 6.64. The molecule has 45 heavy (non-hydrogen) atoms. The standard InChI is InChI=1S/C32H29ClF2N6O4/c1-6-20(43)39-12-13-40-18(14-39)31(44)38(5)29-23-28(24(33)22(25(29)35)21-17(34)8-7-9-19(21)42)41(32(45)37-30(23)40)27-16(4)10-11-36-26(27)15(2)3/h6-11,15,18,42H,1,12-14H2,2-5H3. The molecule has 0 aliphatic carbocycles. The predicted molar refractivity (Wildman–Crippen MR) is 167 cm³/mol. The number of fused-ring (bicyclic) bond motifs is 2. The molecule has 2 amide bonds. The SMILES string of the molecule is C=CC(=O)N1CCN2c3nc(=O)n(-c4c(C)ccnc4C(C)C)c4c(Cl)c(-c5c(O)cccc5F)c(F)c(c34)N(C)C(=O)C2C1. The molecule has 10 nitrogen and oxygen atoms in total. The number of aromatic hydroxyl groups is 1. The van der Waals surface area contributed by atoms with Gasteiger partial charge in [-0.05, 0) is 42.7 Å². The van der Waals surface area contributed by atoms with Crippen LogP contribution in [0.1, 0.15) is 31.0 Å². The lowest BCUT2D eigenvalue weighted by Crippen LogP contribution is -2.60. The number of likely N-dealkylation sites (N-methyl/N-ethyl adjacent to an activating group) is 1. The molecule has 1 N–H and O–H groups in total. The first-order valence-corrected chi connectivity index (χ1v) is 14.6. The molecule has 4 aromatic rings. The monoisotopic (exact) mass is 634 g/mol. The minimum atomic E-state index is -1.09. The van der Waals surface area contributed by atoms with Crippen LogP contribution >= 0.6 is 11.6 Å². The van der Waals surface area contributed by atoms with Gasteiger partial charge in [-0.1, -0.05) is 38.1 Å². The number of phenolic OH excluding ortho intramolecular Hbond substituents is 1. The van der Waals surface area contributed by atoms with Crippen LogP contribution in [0.5, 0.6) is 5.75 Å². The number of pyridine rings is 1. The van der Waals surface area contributed by atoms with Gasteiger partial charge in [0, 0.05) is 31.9 Å². The number of benzene rings is 2. The highest BCUT2D eigenvalue weighted by Gasteiger charge is 2.43. The summed E-state index contributed by atoms with van der Waals surface area (Å²) in [4.78, 5) is 53.8. The van der Waals surface area contributed by atoms with E-state index in [4.69, 9.17) is 11.6 Å². The molecule has 6 rings (SSSR count). The first kappa shape index (κ1) is 30.2. The molecule has 4 heterocycles. The summed E-state index contributed by atoms with van der Waals surface area (Å²) in [5.74, 6) is -3.82. The number of halogens is 3. The summed E-state index contributed by atoms with van der Waals surface area (Å²) < 4.78 is 33.6. The molecule has 1 unspecified atom stereocenters. The summed E-state index contributed by atoms with van der Waals surface area (Å²) in [5, 5.41) is 10.4. The zero-order chi connectivity index (χ0) is 32.5. The number of aromatic nitrogens is 3. The molecular weight excluding hydrogens is 606 g/mol. The van der Waals surface area contributed by atoms with Crippen molar-refractivity contribution in [2.75, 3.05) is 36.5 Å². The van der Waals surface area contributed by atoms with E-state index >= 15 is 8.78 Å². The number of carbonyl (C=O) groups is 2. The second kappa shape index (κ2) is 11.0. The number of rotatable bonds is 4. The first-order valence-electron chi connectivity index (χ1n) is 14.3. The number of aryl methyl sites for hydroxylation is 1. The number of piperazine rings is 1. The molecule has 1 fully saturated rings. The summed E-state index contributed by atoms with van der Waals surface area (Å²) >= 11 is 7.05. The highest BCUT2D eigenvalue weighted by Crippen LogP contribution is 2.50. The Morgan fingerprint density at radius 2 is 1.89 bits per heavy atom. The summed E-state index contributed by atoms with van der Waals surface area (Å²) in [6, 6.07) is 4.14. The van der Waals surface area contributed by atoms with Crippen molar-refractivity contribution in [1.29, 1.82) is 0 Å². The highest BCUT2D eigenvalue weighted by atomic mass is 35.5. The number of nitrogens with zero attached hydrogens (tertiary/aromatic N) is 6. The molecule has 1 atom stereocenters. The van der Waals surface area contributed by atoms with Crippen molar-refractivity contribution >= 4 is 45.8 Å². The van der Waals surface area contributed by atoms with E-state index in [2.05, 4.69) is 16.5 Å². The van der Waals surface area contributed by atoms with Crippen molar-refractivity contribution in [1.82, 2.24) is 19.4 Å². The van der Waals surface area contributed by atoms with Gasteiger partial charge in [0.1, 0.15) is 23.4 Å². The van der Waals surface area contributed by atoms with Crippen molar-refractivity contribution in [2.45, 2.75) is 32.7 Å². The van der Waals surface area contributed by atoms with Gasteiger partial charge in [0.2, 0.25) is 5.91 Å². The van der Waals surface area contributed by atoms with Gasteiger partial charge in [-0.15, -0.1) is 0 Å². The largest absolute Gasteiger partial charge is 0.507 e. The number of hydrogen-bond acceptors (Lipinski definition) is 7. The van der Waals surface area contributed by atoms with Crippen LogP contribution in [0, 0.1) is 18.6 Å². The summed E-state index contributed by atoms with van der Waals surface area (Å²) in [6.07, 6.45) is 2.75. The quantitative estimate of drug-likeness (QED) is 0.324. The van der Waals surface area contributed by atoms with E-state index in [9.17, 15) is 19.5 Å². The van der Waals surface area contributed by atoms with Crippen LogP contribution in [0.2, 0.25) is 5.02 Å². The number of carbonyl (C=O) groups excluding carboxylic acids is 2. The van der Waals surface area contributed by atoms with Gasteiger partial charge in [0.25, 0.3) is 5.91 Å². The van der Waals surface area contributed by atoms with Gasteiger partial charge < -0.3 is 19.8 Å². The van der Waals surface area contributed by atoms with Crippen LogP contribution in [-0.4, -0.2) is 69.1 Å². The molecule has 0 radical (unpaired) electrons. The molecular formula is C32H29ClF2N6O4. The molecule has 2 aromatic carbocycles. The number of amides is 2. The molecule has 2 aromatic heterocycles. The Bertz CT molecular complexity index is 1990. The number of phenols is 1. The molecule has 1 saturated heterocycles. The molecule has 2 aliphatic rings. The zero-order valence-corrected chi connectivity index (χ0v) is 25.7. The fourth-order valence-electron chi connectivity index (χ4n) is 6.28. The lowest BCUT2D eigenvalue weighted by molar-refractivity contribution is -0.128. The smallest absolute Gasteiger partial charge is 0.354 e. The van der Waals surface area contributed by atoms with Gasteiger partial charge in [-0.3, -0.25) is 19.1 Å². The Kier molecular flexibility index (Phi) is 7.35. The van der Waals surface area contributed by atoms with Crippen molar-refractivity contribution in [3.63, 3.8) is 0 Å². The van der Waals surface area contributed by atoms with Gasteiger partial charge >= 0.3 is 5.69 Å². The summed E-state index contributed by atoms with van der Waals surface area (Å²) in [7, 11) is 1.35. The molecule has 0 spiro atoms. The molecule has 13 heteroatoms. The van der Waals surface area contributed by atoms with Crippen LogP contribution in [0.25, 0.3) is 27.7 Å². The van der Waals surface area contributed by atoms with Gasteiger partial charge in [0.05, 0.1) is 45.1 Å². The Balaban J connectivity index is 1.82. The first-order chi connectivity index (χ1) is 21.4. The Labute approximate surface area is 261 Å². The van der Waals surface area contributed by atoms with Crippen molar-refractivity contribution < 1.29 is 23.5 Å². The minimum absolute atomic E-state index is 0.00704. The van der Waals surface area contributed by atoms with Crippen molar-refractivity contribution in [2.24, 2.45) is 0 Å². The van der Waals surface area contributed by atoms with E-state index in [0.29, 0.717) is 16.9 Å². The third-order valence-electron chi connectivity index (χ3n) is 8.42. The van der Waals surface area contributed by atoms with E-state index in [-0.39, 0.29) is 58.9 Å². The normalized spacial score (nSPS) is 16.3. The molecule has 232 valence electrons. The predicted octanol–water partition coefficient (Wildman–Crippen LogP) is 4.70. The van der Waals surface area contributed by atoms with E-state index in [0.717, 1.165) is 17.0 Å². The highest BCUT2D eigenvalue weighted by molar-refractivity contribution is 6.39. The fraction of sp³-hybridized carbons (Fsp3) is 0.281. The average Bonchev–Trinajstić information content (AvgIpc) is 3.09. The maximum atomic E-state index is 17.0. The van der Waals surface area contributed by atoms with E-state index in [1.165, 1.54) is 28.6 Å². The van der Waals surface area contributed by atoms with E-state index in [1.54, 1.807) is 24.1 Å². The lowest BCUT2D eigenvalue weighted by atomic mass is 9.98. The van der Waals surface area contributed by atoms with Gasteiger partial charge in [0.15, 0.2) is 5.82 Å². The summed E-state index contributed by atoms with van der Waals surface area (Å²) in [6.45, 7) is 9.28. The van der Waals surface area contributed by atoms with Crippen LogP contribution < -0.4 is 15.5 Å². The van der Waals surface area contributed by atoms with E-state index < -0.39 is 46.1 Å². The molecule has 0 saturated carbocycles. The van der Waals surface area contributed by atoms with E-state index in [1.807, 2.05) is 13.8 Å². The van der Waals surface area contributed by atoms with Crippen molar-refractivity contribution in [3.8, 4) is 22.6 Å². The number of hydrogen-bond donors (Lipinski definition) is 1. The van der Waals surface area contributed by atoms with Crippen LogP contribution in [0.15, 0.2) is 47.9 Å². The maximum Gasteiger partial charge on any atom is 0.354 e. The van der Waals surface area contributed by atoms with Crippen LogP contribution in [0.4, 0.5) is 20.3 Å². The van der Waals surface area contributed by atoms with Crippen LogP contribution in [0.3, 0.4) is 0 Å². The lowest BCUT2D eigenvalue weighted by Gasteiger charge is -2.40. The van der Waals surface area contributed by atoms with Gasteiger partial charge in [-0.2, -0.15) is 4.98 Å². The third-order valence-corrected chi connectivity index (χ3v) is 8.79. The second-order valence-corrected chi connectivity index (χ2v) is 11.8. The summed E-state index contributed by atoms with van der Waals surface area (Å²) in [5.41, 5.74) is -0.684. The number of anilines is 2. The van der Waals surface area contributed by atoms with Crippen LogP contribution in [-0.2, 0) is 9.59 Å². The second-order valence-electron chi connectivity index (χ2n) is 11.4. The molecule has 2 aliphatic heterocycles. The topological polar surface area (TPSA) is 112 Å². The zero-order valence-electron chi connectivity index (χ0n) is 24.9. The Hall–Kier alpha value is -4.84.